The molecule has 3 nitrogen and oxygen atoms in total. The Morgan fingerprint density at radius 3 is 2.36 bits per heavy atom. The van der Waals surface area contributed by atoms with Crippen molar-refractivity contribution in [2.45, 2.75) is 57.8 Å². The van der Waals surface area contributed by atoms with Gasteiger partial charge < -0.3 is 15.3 Å². The highest BCUT2D eigenvalue weighted by Crippen LogP contribution is 2.37. The van der Waals surface area contributed by atoms with Gasteiger partial charge in [-0.15, -0.1) is 0 Å². The minimum atomic E-state index is -1.06. The Morgan fingerprint density at radius 1 is 1.43 bits per heavy atom. The van der Waals surface area contributed by atoms with Crippen LogP contribution in [0.1, 0.15) is 40.5 Å². The largest absolute Gasteiger partial charge is 0.387 e. The van der Waals surface area contributed by atoms with Gasteiger partial charge in [-0.2, -0.15) is 0 Å². The van der Waals surface area contributed by atoms with Gasteiger partial charge in [0.25, 0.3) is 0 Å². The summed E-state index contributed by atoms with van der Waals surface area (Å²) in [6.07, 6.45) is 0.266. The molecule has 1 aliphatic rings. The van der Waals surface area contributed by atoms with Gasteiger partial charge in [-0.05, 0) is 51.7 Å². The molecule has 0 aromatic rings. The molecule has 82 valence electrons. The van der Waals surface area contributed by atoms with Gasteiger partial charge in [0.1, 0.15) is 6.10 Å². The van der Waals surface area contributed by atoms with Crippen molar-refractivity contribution >= 4 is 0 Å². The average molecular weight is 200 g/mol. The summed E-state index contributed by atoms with van der Waals surface area (Å²) in [5.74, 6) is 0. The highest BCUT2D eigenvalue weighted by Gasteiger charge is 2.39. The van der Waals surface area contributed by atoms with Gasteiger partial charge in [-0.3, -0.25) is 0 Å². The molecule has 0 radical (unpaired) electrons. The third-order valence-electron chi connectivity index (χ3n) is 3.09. The molecule has 0 saturated heterocycles. The predicted molar refractivity (Wildman–Crippen MR) is 54.9 cm³/mol. The molecule has 0 fully saturated rings. The van der Waals surface area contributed by atoms with Gasteiger partial charge in [0.15, 0.2) is 0 Å². The third-order valence-corrected chi connectivity index (χ3v) is 3.09. The predicted octanol–water partition coefficient (Wildman–Crippen LogP) is 0.980. The SMILES string of the molecule is CC1=C(C(C)(C)O)CCC(C)(O)C1O. The van der Waals surface area contributed by atoms with Gasteiger partial charge in [-0.25, -0.2) is 0 Å². The number of aliphatic hydroxyl groups excluding tert-OH is 1. The van der Waals surface area contributed by atoms with E-state index < -0.39 is 17.3 Å². The molecular formula is C11H20O3. The van der Waals surface area contributed by atoms with Crippen LogP contribution in [-0.4, -0.2) is 32.6 Å². The molecule has 0 spiro atoms. The van der Waals surface area contributed by atoms with Crippen LogP contribution in [0.2, 0.25) is 0 Å². The fourth-order valence-corrected chi connectivity index (χ4v) is 2.13. The van der Waals surface area contributed by atoms with E-state index in [-0.39, 0.29) is 0 Å². The van der Waals surface area contributed by atoms with E-state index in [4.69, 9.17) is 0 Å². The van der Waals surface area contributed by atoms with Crippen LogP contribution in [0, 0.1) is 0 Å². The molecule has 14 heavy (non-hydrogen) atoms. The van der Waals surface area contributed by atoms with Crippen LogP contribution >= 0.6 is 0 Å². The minimum absolute atomic E-state index is 0.491. The van der Waals surface area contributed by atoms with Gasteiger partial charge in [0, 0.05) is 0 Å². The van der Waals surface area contributed by atoms with Crippen molar-refractivity contribution in [3.8, 4) is 0 Å². The molecule has 2 atom stereocenters. The van der Waals surface area contributed by atoms with Crippen molar-refractivity contribution in [1.82, 2.24) is 0 Å². The van der Waals surface area contributed by atoms with E-state index in [1.54, 1.807) is 27.7 Å². The lowest BCUT2D eigenvalue weighted by molar-refractivity contribution is -0.0592. The normalized spacial score (nSPS) is 34.9. The summed E-state index contributed by atoms with van der Waals surface area (Å²) in [4.78, 5) is 0. The van der Waals surface area contributed by atoms with Crippen LogP contribution in [0.4, 0.5) is 0 Å². The first-order valence-electron chi connectivity index (χ1n) is 4.99. The number of rotatable bonds is 1. The quantitative estimate of drug-likeness (QED) is 0.553. The van der Waals surface area contributed by atoms with E-state index in [1.165, 1.54) is 0 Å². The van der Waals surface area contributed by atoms with E-state index in [2.05, 4.69) is 0 Å². The highest BCUT2D eigenvalue weighted by molar-refractivity contribution is 5.29. The molecule has 2 unspecified atom stereocenters. The lowest BCUT2D eigenvalue weighted by atomic mass is 9.75. The molecule has 0 aliphatic heterocycles. The Labute approximate surface area is 85.1 Å². The third kappa shape index (κ3) is 2.00. The maximum Gasteiger partial charge on any atom is 0.103 e. The molecule has 0 amide bonds. The molecular weight excluding hydrogens is 180 g/mol. The fourth-order valence-electron chi connectivity index (χ4n) is 2.13. The Balaban J connectivity index is 3.06. The Kier molecular flexibility index (Phi) is 2.78. The van der Waals surface area contributed by atoms with Crippen LogP contribution in [0.5, 0.6) is 0 Å². The van der Waals surface area contributed by atoms with Crippen molar-refractivity contribution in [2.24, 2.45) is 0 Å². The Bertz CT molecular complexity index is 258. The smallest absolute Gasteiger partial charge is 0.103 e. The van der Waals surface area contributed by atoms with Crippen molar-refractivity contribution in [1.29, 1.82) is 0 Å². The first kappa shape index (κ1) is 11.7. The van der Waals surface area contributed by atoms with Gasteiger partial charge in [0.2, 0.25) is 0 Å². The van der Waals surface area contributed by atoms with E-state index in [9.17, 15) is 15.3 Å². The lowest BCUT2D eigenvalue weighted by Crippen LogP contribution is -2.45. The summed E-state index contributed by atoms with van der Waals surface area (Å²) >= 11 is 0. The molecule has 0 saturated carbocycles. The lowest BCUT2D eigenvalue weighted by Gasteiger charge is -2.39. The zero-order valence-corrected chi connectivity index (χ0v) is 9.33. The molecule has 1 rings (SSSR count). The zero-order chi connectivity index (χ0) is 11.1. The summed E-state index contributed by atoms with van der Waals surface area (Å²) in [6.45, 7) is 6.81. The molecule has 0 aromatic carbocycles. The summed E-state index contributed by atoms with van der Waals surface area (Å²) < 4.78 is 0. The van der Waals surface area contributed by atoms with Crippen LogP contribution in [0.3, 0.4) is 0 Å². The van der Waals surface area contributed by atoms with Crippen molar-refractivity contribution in [2.75, 3.05) is 0 Å². The summed E-state index contributed by atoms with van der Waals surface area (Å²) in [6, 6.07) is 0. The van der Waals surface area contributed by atoms with Crippen LogP contribution in [0.15, 0.2) is 11.1 Å². The maximum absolute atomic E-state index is 9.85. The standard InChI is InChI=1S/C11H20O3/c1-7-8(10(2,3)13)5-6-11(4,14)9(7)12/h9,12-14H,5-6H2,1-4H3. The highest BCUT2D eigenvalue weighted by atomic mass is 16.3. The number of aliphatic hydroxyl groups is 3. The van der Waals surface area contributed by atoms with E-state index in [1.807, 2.05) is 0 Å². The Hall–Kier alpha value is -0.380. The molecule has 3 N–H and O–H groups in total. The first-order chi connectivity index (χ1) is 6.16. The monoisotopic (exact) mass is 200 g/mol. The van der Waals surface area contributed by atoms with Crippen LogP contribution in [0.25, 0.3) is 0 Å². The second-order valence-electron chi connectivity index (χ2n) is 4.98. The first-order valence-corrected chi connectivity index (χ1v) is 4.99. The topological polar surface area (TPSA) is 60.7 Å². The second kappa shape index (κ2) is 3.33. The summed E-state index contributed by atoms with van der Waals surface area (Å²) in [5, 5.41) is 29.5. The van der Waals surface area contributed by atoms with Gasteiger partial charge in [0.05, 0.1) is 11.2 Å². The summed E-state index contributed by atoms with van der Waals surface area (Å²) in [7, 11) is 0. The minimum Gasteiger partial charge on any atom is -0.387 e. The molecule has 0 bridgehead atoms. The van der Waals surface area contributed by atoms with E-state index >= 15 is 0 Å². The van der Waals surface area contributed by atoms with E-state index in [0.717, 1.165) is 5.57 Å². The average Bonchev–Trinajstić information content (AvgIpc) is 1.97. The van der Waals surface area contributed by atoms with Gasteiger partial charge in [-0.1, -0.05) is 0 Å². The van der Waals surface area contributed by atoms with Crippen molar-refractivity contribution in [3.05, 3.63) is 11.1 Å². The molecule has 0 aromatic heterocycles. The number of hydrogen-bond acceptors (Lipinski definition) is 3. The van der Waals surface area contributed by atoms with Crippen LogP contribution < -0.4 is 0 Å². The van der Waals surface area contributed by atoms with Crippen molar-refractivity contribution in [3.63, 3.8) is 0 Å². The van der Waals surface area contributed by atoms with Crippen molar-refractivity contribution < 1.29 is 15.3 Å². The van der Waals surface area contributed by atoms with E-state index in [0.29, 0.717) is 18.4 Å². The van der Waals surface area contributed by atoms with Crippen LogP contribution in [-0.2, 0) is 0 Å². The molecule has 0 heterocycles. The Morgan fingerprint density at radius 2 is 1.93 bits per heavy atom. The fraction of sp³-hybridized carbons (Fsp3) is 0.818. The molecule has 1 aliphatic carbocycles. The maximum atomic E-state index is 9.85. The second-order valence-corrected chi connectivity index (χ2v) is 4.98. The summed E-state index contributed by atoms with van der Waals surface area (Å²) in [5.41, 5.74) is -0.411. The number of hydrogen-bond donors (Lipinski definition) is 3. The zero-order valence-electron chi connectivity index (χ0n) is 9.33. The molecule has 3 heteroatoms. The van der Waals surface area contributed by atoms with Gasteiger partial charge >= 0.3 is 0 Å².